The van der Waals surface area contributed by atoms with Crippen LogP contribution in [0.5, 0.6) is 0 Å². The first-order chi connectivity index (χ1) is 11.2. The van der Waals surface area contributed by atoms with Crippen LogP contribution in [0.1, 0.15) is 24.8 Å². The zero-order valence-electron chi connectivity index (χ0n) is 13.0. The molecular formula is C15H17F3N2O4. The second-order valence-electron chi connectivity index (χ2n) is 5.67. The summed E-state index contributed by atoms with van der Waals surface area (Å²) in [5, 5.41) is 11.1. The highest BCUT2D eigenvalue weighted by atomic mass is 19.4. The maximum atomic E-state index is 12.7. The monoisotopic (exact) mass is 346 g/mol. The zero-order valence-corrected chi connectivity index (χ0v) is 13.0. The number of alkyl halides is 3. The highest BCUT2D eigenvalue weighted by molar-refractivity contribution is 5.69. The standard InChI is InChI=1S/C15H17F3N2O4/c1-24-14(21)8-10-4-6-19(7-5-10)12-3-2-11(15(16,17)18)9-13(12)20(22)23/h2-3,9-10H,4-8H2,1H3. The van der Waals surface area contributed by atoms with Crippen LogP contribution in [0.25, 0.3) is 0 Å². The number of nitro groups is 1. The minimum atomic E-state index is -4.63. The minimum Gasteiger partial charge on any atom is -0.469 e. The van der Waals surface area contributed by atoms with Gasteiger partial charge in [0.25, 0.3) is 5.69 Å². The van der Waals surface area contributed by atoms with E-state index < -0.39 is 22.4 Å². The van der Waals surface area contributed by atoms with Crippen LogP contribution in [-0.2, 0) is 15.7 Å². The molecule has 2 rings (SSSR count). The van der Waals surface area contributed by atoms with Gasteiger partial charge in [-0.05, 0) is 30.9 Å². The van der Waals surface area contributed by atoms with Gasteiger partial charge in [0.1, 0.15) is 5.69 Å². The summed E-state index contributed by atoms with van der Waals surface area (Å²) in [6.07, 6.45) is -3.11. The van der Waals surface area contributed by atoms with Crippen molar-refractivity contribution in [2.24, 2.45) is 5.92 Å². The van der Waals surface area contributed by atoms with E-state index in [1.165, 1.54) is 7.11 Å². The molecule has 0 N–H and O–H groups in total. The summed E-state index contributed by atoms with van der Waals surface area (Å²) in [4.78, 5) is 23.3. The Kier molecular flexibility index (Phi) is 5.30. The smallest absolute Gasteiger partial charge is 0.416 e. The number of piperidine rings is 1. The molecule has 24 heavy (non-hydrogen) atoms. The molecule has 6 nitrogen and oxygen atoms in total. The van der Waals surface area contributed by atoms with Crippen molar-refractivity contribution in [3.63, 3.8) is 0 Å². The second kappa shape index (κ2) is 7.06. The third-order valence-electron chi connectivity index (χ3n) is 4.14. The number of carbonyl (C=O) groups is 1. The number of hydrogen-bond donors (Lipinski definition) is 0. The molecule has 0 aliphatic carbocycles. The van der Waals surface area contributed by atoms with E-state index >= 15 is 0 Å². The first-order valence-corrected chi connectivity index (χ1v) is 7.39. The number of esters is 1. The summed E-state index contributed by atoms with van der Waals surface area (Å²) in [5.74, 6) is -0.198. The molecule has 1 aliphatic heterocycles. The van der Waals surface area contributed by atoms with E-state index in [1.807, 2.05) is 0 Å². The minimum absolute atomic E-state index is 0.113. The van der Waals surface area contributed by atoms with Gasteiger partial charge in [0, 0.05) is 25.6 Å². The van der Waals surface area contributed by atoms with Crippen LogP contribution < -0.4 is 4.90 Å². The largest absolute Gasteiger partial charge is 0.469 e. The molecule has 0 radical (unpaired) electrons. The number of rotatable bonds is 4. The van der Waals surface area contributed by atoms with Crippen molar-refractivity contribution in [3.8, 4) is 0 Å². The van der Waals surface area contributed by atoms with Gasteiger partial charge in [-0.3, -0.25) is 14.9 Å². The number of carbonyl (C=O) groups excluding carboxylic acids is 1. The number of benzene rings is 1. The maximum absolute atomic E-state index is 12.7. The van der Waals surface area contributed by atoms with Crippen molar-refractivity contribution in [2.75, 3.05) is 25.1 Å². The summed E-state index contributed by atoms with van der Waals surface area (Å²) >= 11 is 0. The molecule has 9 heteroatoms. The fourth-order valence-electron chi connectivity index (χ4n) is 2.81. The molecule has 1 heterocycles. The Morgan fingerprint density at radius 3 is 2.50 bits per heavy atom. The Morgan fingerprint density at radius 2 is 2.00 bits per heavy atom. The zero-order chi connectivity index (χ0) is 17.9. The van der Waals surface area contributed by atoms with Crippen LogP contribution in [-0.4, -0.2) is 31.1 Å². The molecule has 0 spiro atoms. The van der Waals surface area contributed by atoms with Crippen molar-refractivity contribution in [1.29, 1.82) is 0 Å². The van der Waals surface area contributed by atoms with Crippen LogP contribution in [0.3, 0.4) is 0 Å². The molecule has 1 aliphatic rings. The van der Waals surface area contributed by atoms with Crippen molar-refractivity contribution in [1.82, 2.24) is 0 Å². The van der Waals surface area contributed by atoms with Crippen LogP contribution in [0.15, 0.2) is 18.2 Å². The molecule has 132 valence electrons. The SMILES string of the molecule is COC(=O)CC1CCN(c2ccc(C(F)(F)F)cc2[N+](=O)[O-])CC1. The molecular weight excluding hydrogens is 329 g/mol. The van der Waals surface area contributed by atoms with E-state index in [1.54, 1.807) is 4.90 Å². The summed E-state index contributed by atoms with van der Waals surface area (Å²) in [6.45, 7) is 0.877. The quantitative estimate of drug-likeness (QED) is 0.475. The number of ether oxygens (including phenoxy) is 1. The summed E-state index contributed by atoms with van der Waals surface area (Å²) in [7, 11) is 1.31. The molecule has 1 saturated heterocycles. The molecule has 0 aromatic heterocycles. The highest BCUT2D eigenvalue weighted by Gasteiger charge is 2.34. The van der Waals surface area contributed by atoms with Gasteiger partial charge >= 0.3 is 12.1 Å². The van der Waals surface area contributed by atoms with Gasteiger partial charge in [-0.1, -0.05) is 0 Å². The third kappa shape index (κ3) is 4.15. The van der Waals surface area contributed by atoms with Gasteiger partial charge in [0.05, 0.1) is 17.6 Å². The van der Waals surface area contributed by atoms with Crippen LogP contribution >= 0.6 is 0 Å². The summed E-state index contributed by atoms with van der Waals surface area (Å²) in [6, 6.07) is 2.56. The molecule has 1 fully saturated rings. The number of anilines is 1. The fourth-order valence-corrected chi connectivity index (χ4v) is 2.81. The lowest BCUT2D eigenvalue weighted by Gasteiger charge is -2.33. The summed E-state index contributed by atoms with van der Waals surface area (Å²) < 4.78 is 42.8. The van der Waals surface area contributed by atoms with Gasteiger partial charge in [-0.2, -0.15) is 13.2 Å². The van der Waals surface area contributed by atoms with E-state index in [-0.39, 0.29) is 24.0 Å². The van der Waals surface area contributed by atoms with E-state index in [9.17, 15) is 28.1 Å². The molecule has 0 bridgehead atoms. The van der Waals surface area contributed by atoms with E-state index in [0.717, 1.165) is 12.1 Å². The van der Waals surface area contributed by atoms with Crippen molar-refractivity contribution < 1.29 is 27.6 Å². The van der Waals surface area contributed by atoms with Crippen LogP contribution in [0.4, 0.5) is 24.5 Å². The predicted octanol–water partition coefficient (Wildman–Crippen LogP) is 3.39. The molecule has 0 saturated carbocycles. The number of nitrogens with zero attached hydrogens (tertiary/aromatic N) is 2. The van der Waals surface area contributed by atoms with Crippen molar-refractivity contribution in [2.45, 2.75) is 25.4 Å². The van der Waals surface area contributed by atoms with Crippen LogP contribution in [0, 0.1) is 16.0 Å². The number of halogens is 3. The van der Waals surface area contributed by atoms with E-state index in [2.05, 4.69) is 4.74 Å². The molecule has 0 atom stereocenters. The first kappa shape index (κ1) is 18.0. The van der Waals surface area contributed by atoms with Gasteiger partial charge in [0.2, 0.25) is 0 Å². The lowest BCUT2D eigenvalue weighted by Crippen LogP contribution is -2.34. The Balaban J connectivity index is 2.15. The lowest BCUT2D eigenvalue weighted by atomic mass is 9.93. The van der Waals surface area contributed by atoms with Crippen molar-refractivity contribution in [3.05, 3.63) is 33.9 Å². The fraction of sp³-hybridized carbons (Fsp3) is 0.533. The average Bonchev–Trinajstić information content (AvgIpc) is 2.54. The van der Waals surface area contributed by atoms with E-state index in [0.29, 0.717) is 32.0 Å². The van der Waals surface area contributed by atoms with Gasteiger partial charge in [-0.15, -0.1) is 0 Å². The van der Waals surface area contributed by atoms with Crippen molar-refractivity contribution >= 4 is 17.3 Å². The molecule has 1 aromatic carbocycles. The highest BCUT2D eigenvalue weighted by Crippen LogP contribution is 2.37. The lowest BCUT2D eigenvalue weighted by molar-refractivity contribution is -0.384. The van der Waals surface area contributed by atoms with E-state index in [4.69, 9.17) is 0 Å². The first-order valence-electron chi connectivity index (χ1n) is 7.39. The topological polar surface area (TPSA) is 72.7 Å². The normalized spacial score (nSPS) is 16.1. The number of nitro benzene ring substituents is 1. The second-order valence-corrected chi connectivity index (χ2v) is 5.67. The molecule has 1 aromatic rings. The summed E-state index contributed by atoms with van der Waals surface area (Å²) in [5.41, 5.74) is -1.43. The Labute approximate surface area is 136 Å². The Morgan fingerprint density at radius 1 is 1.38 bits per heavy atom. The number of hydrogen-bond acceptors (Lipinski definition) is 5. The van der Waals surface area contributed by atoms with Crippen LogP contribution in [0.2, 0.25) is 0 Å². The average molecular weight is 346 g/mol. The Hall–Kier alpha value is -2.32. The Bertz CT molecular complexity index is 626. The maximum Gasteiger partial charge on any atom is 0.416 e. The molecule has 0 unspecified atom stereocenters. The van der Waals surface area contributed by atoms with Gasteiger partial charge in [0.15, 0.2) is 0 Å². The number of methoxy groups -OCH3 is 1. The predicted molar refractivity (Wildman–Crippen MR) is 79.7 cm³/mol. The van der Waals surface area contributed by atoms with Gasteiger partial charge < -0.3 is 9.64 Å². The van der Waals surface area contributed by atoms with Gasteiger partial charge in [-0.25, -0.2) is 0 Å². The third-order valence-corrected chi connectivity index (χ3v) is 4.14. The molecule has 0 amide bonds.